The van der Waals surface area contributed by atoms with Gasteiger partial charge in [0.15, 0.2) is 0 Å². The van der Waals surface area contributed by atoms with E-state index < -0.39 is 5.60 Å². The molecule has 1 aromatic heterocycles. The Hall–Kier alpha value is -1.69. The number of nitrogens with one attached hydrogen (secondary N) is 1. The number of hydrogen-bond acceptors (Lipinski definition) is 5. The predicted octanol–water partition coefficient (Wildman–Crippen LogP) is 2.27. The number of amides is 1. The Balaban J connectivity index is 1.71. The Morgan fingerprint density at radius 3 is 2.87 bits per heavy atom. The summed E-state index contributed by atoms with van der Waals surface area (Å²) < 4.78 is 0. The van der Waals surface area contributed by atoms with Gasteiger partial charge in [-0.15, -0.1) is 0 Å². The zero-order valence-electron chi connectivity index (χ0n) is 13.8. The second-order valence-electron chi connectivity index (χ2n) is 6.79. The molecule has 6 nitrogen and oxygen atoms in total. The van der Waals surface area contributed by atoms with Gasteiger partial charge in [0.05, 0.1) is 36.2 Å². The monoisotopic (exact) mass is 318 g/mol. The van der Waals surface area contributed by atoms with E-state index in [9.17, 15) is 9.90 Å². The van der Waals surface area contributed by atoms with E-state index in [2.05, 4.69) is 15.3 Å². The van der Waals surface area contributed by atoms with Crippen molar-refractivity contribution in [2.45, 2.75) is 63.0 Å². The Morgan fingerprint density at radius 1 is 1.35 bits per heavy atom. The molecule has 1 aliphatic carbocycles. The summed E-state index contributed by atoms with van der Waals surface area (Å²) in [5.41, 5.74) is 0.0272. The van der Waals surface area contributed by atoms with E-state index in [0.717, 1.165) is 57.2 Å². The van der Waals surface area contributed by atoms with Gasteiger partial charge in [0, 0.05) is 13.6 Å². The molecule has 1 amide bonds. The van der Waals surface area contributed by atoms with Crippen LogP contribution in [-0.2, 0) is 4.79 Å². The van der Waals surface area contributed by atoms with Crippen LogP contribution in [0.2, 0.25) is 0 Å². The summed E-state index contributed by atoms with van der Waals surface area (Å²) in [5, 5.41) is 13.6. The van der Waals surface area contributed by atoms with E-state index in [1.165, 1.54) is 0 Å². The van der Waals surface area contributed by atoms with Gasteiger partial charge >= 0.3 is 0 Å². The molecule has 2 fully saturated rings. The summed E-state index contributed by atoms with van der Waals surface area (Å²) in [6, 6.07) is -0.0181. The summed E-state index contributed by atoms with van der Waals surface area (Å²) >= 11 is 0. The third-order valence-corrected chi connectivity index (χ3v) is 5.09. The molecule has 0 radical (unpaired) electrons. The number of aliphatic hydroxyl groups is 1. The molecule has 0 bridgehead atoms. The van der Waals surface area contributed by atoms with Crippen LogP contribution in [0.15, 0.2) is 12.4 Å². The largest absolute Gasteiger partial charge is 0.389 e. The third-order valence-electron chi connectivity index (χ3n) is 5.09. The SMILES string of the molecule is CNc1cncc(C2CCCN2C(=O)CC2(O)CCCCC2)n1. The second kappa shape index (κ2) is 6.83. The van der Waals surface area contributed by atoms with Crippen LogP contribution in [-0.4, -0.2) is 45.1 Å². The van der Waals surface area contributed by atoms with Crippen molar-refractivity contribution in [1.82, 2.24) is 14.9 Å². The second-order valence-corrected chi connectivity index (χ2v) is 6.79. The maximum atomic E-state index is 12.8. The van der Waals surface area contributed by atoms with E-state index in [4.69, 9.17) is 0 Å². The number of nitrogens with zero attached hydrogens (tertiary/aromatic N) is 3. The van der Waals surface area contributed by atoms with Gasteiger partial charge in [-0.2, -0.15) is 0 Å². The molecule has 1 unspecified atom stereocenters. The summed E-state index contributed by atoms with van der Waals surface area (Å²) in [6.45, 7) is 0.741. The number of rotatable bonds is 4. The summed E-state index contributed by atoms with van der Waals surface area (Å²) in [5.74, 6) is 0.765. The molecular weight excluding hydrogens is 292 g/mol. The fourth-order valence-corrected chi connectivity index (χ4v) is 3.80. The average molecular weight is 318 g/mol. The standard InChI is InChI=1S/C17H26N4O2/c1-18-15-12-19-11-13(20-15)14-6-5-9-21(14)16(22)10-17(23)7-3-2-4-8-17/h11-12,14,23H,2-10H2,1H3,(H,18,20). The maximum Gasteiger partial charge on any atom is 0.226 e. The van der Waals surface area contributed by atoms with Gasteiger partial charge in [0.2, 0.25) is 5.91 Å². The Kier molecular flexibility index (Phi) is 4.80. The van der Waals surface area contributed by atoms with E-state index in [0.29, 0.717) is 5.82 Å². The summed E-state index contributed by atoms with van der Waals surface area (Å²) in [7, 11) is 1.81. The predicted molar refractivity (Wildman–Crippen MR) is 87.9 cm³/mol. The minimum Gasteiger partial charge on any atom is -0.389 e. The minimum atomic E-state index is -0.805. The molecule has 2 aliphatic rings. The number of aromatic nitrogens is 2. The first-order chi connectivity index (χ1) is 11.1. The van der Waals surface area contributed by atoms with Gasteiger partial charge in [0.25, 0.3) is 0 Å². The van der Waals surface area contributed by atoms with Crippen molar-refractivity contribution in [2.75, 3.05) is 18.9 Å². The van der Waals surface area contributed by atoms with E-state index in [-0.39, 0.29) is 18.4 Å². The summed E-state index contributed by atoms with van der Waals surface area (Å²) in [6.07, 6.45) is 10.2. The molecule has 0 spiro atoms. The van der Waals surface area contributed by atoms with Crippen molar-refractivity contribution in [3.63, 3.8) is 0 Å². The van der Waals surface area contributed by atoms with Crippen LogP contribution in [0.3, 0.4) is 0 Å². The van der Waals surface area contributed by atoms with Gasteiger partial charge < -0.3 is 15.3 Å². The zero-order valence-corrected chi connectivity index (χ0v) is 13.8. The van der Waals surface area contributed by atoms with Crippen molar-refractivity contribution in [3.8, 4) is 0 Å². The molecule has 1 aliphatic heterocycles. The van der Waals surface area contributed by atoms with Crippen molar-refractivity contribution in [1.29, 1.82) is 0 Å². The number of anilines is 1. The lowest BCUT2D eigenvalue weighted by atomic mass is 9.82. The van der Waals surface area contributed by atoms with Crippen molar-refractivity contribution >= 4 is 11.7 Å². The van der Waals surface area contributed by atoms with Crippen molar-refractivity contribution < 1.29 is 9.90 Å². The molecule has 1 atom stereocenters. The maximum absolute atomic E-state index is 12.8. The highest BCUT2D eigenvalue weighted by Crippen LogP contribution is 2.35. The molecule has 1 saturated carbocycles. The lowest BCUT2D eigenvalue weighted by molar-refractivity contribution is -0.138. The molecule has 3 rings (SSSR count). The smallest absolute Gasteiger partial charge is 0.226 e. The summed E-state index contributed by atoms with van der Waals surface area (Å²) in [4.78, 5) is 23.4. The first-order valence-electron chi connectivity index (χ1n) is 8.63. The molecular formula is C17H26N4O2. The highest BCUT2D eigenvalue weighted by molar-refractivity contribution is 5.78. The quantitative estimate of drug-likeness (QED) is 0.890. The number of likely N-dealkylation sites (tertiary alicyclic amines) is 1. The van der Waals surface area contributed by atoms with Crippen LogP contribution in [0, 0.1) is 0 Å². The Morgan fingerprint density at radius 2 is 2.13 bits per heavy atom. The minimum absolute atomic E-state index is 0.0181. The average Bonchev–Trinajstić information content (AvgIpc) is 3.05. The molecule has 6 heteroatoms. The van der Waals surface area contributed by atoms with E-state index in [1.54, 1.807) is 12.4 Å². The van der Waals surface area contributed by atoms with Crippen molar-refractivity contribution in [2.24, 2.45) is 0 Å². The van der Waals surface area contributed by atoms with E-state index >= 15 is 0 Å². The van der Waals surface area contributed by atoms with Crippen LogP contribution in [0.25, 0.3) is 0 Å². The van der Waals surface area contributed by atoms with Gasteiger partial charge in [-0.25, -0.2) is 4.98 Å². The van der Waals surface area contributed by atoms with Gasteiger partial charge in [-0.05, 0) is 25.7 Å². The van der Waals surface area contributed by atoms with E-state index in [1.807, 2.05) is 11.9 Å². The highest BCUT2D eigenvalue weighted by atomic mass is 16.3. The number of carbonyl (C=O) groups excluding carboxylic acids is 1. The Bertz CT molecular complexity index is 557. The fourth-order valence-electron chi connectivity index (χ4n) is 3.80. The number of hydrogen-bond donors (Lipinski definition) is 2. The Labute approximate surface area is 137 Å². The van der Waals surface area contributed by atoms with Crippen LogP contribution in [0.4, 0.5) is 5.82 Å². The van der Waals surface area contributed by atoms with Crippen LogP contribution in [0.5, 0.6) is 0 Å². The topological polar surface area (TPSA) is 78.4 Å². The molecule has 2 N–H and O–H groups in total. The van der Waals surface area contributed by atoms with Gasteiger partial charge in [-0.1, -0.05) is 19.3 Å². The molecule has 1 aromatic rings. The molecule has 1 saturated heterocycles. The van der Waals surface area contributed by atoms with Gasteiger partial charge in [0.1, 0.15) is 5.82 Å². The highest BCUT2D eigenvalue weighted by Gasteiger charge is 2.37. The number of carbonyl (C=O) groups is 1. The zero-order chi connectivity index (χ0) is 16.3. The fraction of sp³-hybridized carbons (Fsp3) is 0.706. The molecule has 23 heavy (non-hydrogen) atoms. The van der Waals surface area contributed by atoms with Crippen LogP contribution in [0.1, 0.15) is 63.1 Å². The normalized spacial score (nSPS) is 23.7. The lowest BCUT2D eigenvalue weighted by Crippen LogP contribution is -2.40. The lowest BCUT2D eigenvalue weighted by Gasteiger charge is -2.34. The molecule has 2 heterocycles. The molecule has 126 valence electrons. The van der Waals surface area contributed by atoms with Crippen molar-refractivity contribution in [3.05, 3.63) is 18.1 Å². The first kappa shape index (κ1) is 16.2. The van der Waals surface area contributed by atoms with Crippen LogP contribution >= 0.6 is 0 Å². The third kappa shape index (κ3) is 3.63. The van der Waals surface area contributed by atoms with Crippen LogP contribution < -0.4 is 5.32 Å². The molecule has 0 aromatic carbocycles. The van der Waals surface area contributed by atoms with Gasteiger partial charge in [-0.3, -0.25) is 9.78 Å². The first-order valence-corrected chi connectivity index (χ1v) is 8.63.